The molecule has 1 atom stereocenters. The fourth-order valence-electron chi connectivity index (χ4n) is 1.61. The molecule has 0 fully saturated rings. The van der Waals surface area contributed by atoms with Gasteiger partial charge in [-0.15, -0.1) is 0 Å². The number of benzene rings is 1. The molecule has 5 nitrogen and oxygen atoms in total. The maximum Gasteiger partial charge on any atom is 0.238 e. The highest BCUT2D eigenvalue weighted by Crippen LogP contribution is 2.11. The van der Waals surface area contributed by atoms with Gasteiger partial charge in [-0.2, -0.15) is 0 Å². The average Bonchev–Trinajstić information content (AvgIpc) is 2.41. The van der Waals surface area contributed by atoms with Crippen molar-refractivity contribution < 1.29 is 13.2 Å². The molecular formula is C13H19BrN2O3S. The zero-order valence-corrected chi connectivity index (χ0v) is 13.7. The van der Waals surface area contributed by atoms with Crippen molar-refractivity contribution >= 4 is 31.9 Å². The van der Waals surface area contributed by atoms with E-state index < -0.39 is 10.0 Å². The van der Waals surface area contributed by atoms with E-state index in [0.717, 1.165) is 24.8 Å². The number of carbonyl (C=O) groups is 1. The van der Waals surface area contributed by atoms with E-state index >= 15 is 0 Å². The largest absolute Gasteiger partial charge is 0.351 e. The SMILES string of the molecule is CCCCC(Br)C(=O)NCc1ccc(S(N)(=O)=O)cc1. The second kappa shape index (κ2) is 7.75. The number of carbonyl (C=O) groups excluding carboxylic acids is 1. The standard InChI is InChI=1S/C13H19BrN2O3S/c1-2-3-4-12(14)13(17)16-9-10-5-7-11(8-6-10)20(15,18)19/h5-8,12H,2-4,9H2,1H3,(H,16,17)(H2,15,18,19). The lowest BCUT2D eigenvalue weighted by molar-refractivity contribution is -0.120. The van der Waals surface area contributed by atoms with Crippen LogP contribution in [-0.4, -0.2) is 19.2 Å². The lowest BCUT2D eigenvalue weighted by atomic mass is 10.2. The molecule has 0 saturated heterocycles. The third-order valence-electron chi connectivity index (χ3n) is 2.81. The maximum atomic E-state index is 11.8. The van der Waals surface area contributed by atoms with E-state index in [9.17, 15) is 13.2 Å². The van der Waals surface area contributed by atoms with Crippen LogP contribution in [-0.2, 0) is 21.4 Å². The van der Waals surface area contributed by atoms with Crippen molar-refractivity contribution in [2.45, 2.75) is 42.5 Å². The van der Waals surface area contributed by atoms with Crippen molar-refractivity contribution in [3.8, 4) is 0 Å². The molecule has 1 unspecified atom stereocenters. The summed E-state index contributed by atoms with van der Waals surface area (Å²) in [7, 11) is -3.67. The van der Waals surface area contributed by atoms with Crippen molar-refractivity contribution in [3.63, 3.8) is 0 Å². The van der Waals surface area contributed by atoms with Gasteiger partial charge in [0.25, 0.3) is 0 Å². The molecule has 7 heteroatoms. The Morgan fingerprint density at radius 1 is 1.35 bits per heavy atom. The fraction of sp³-hybridized carbons (Fsp3) is 0.462. The molecule has 1 aromatic carbocycles. The summed E-state index contributed by atoms with van der Waals surface area (Å²) in [4.78, 5) is 11.6. The third-order valence-corrected chi connectivity index (χ3v) is 4.62. The number of unbranched alkanes of at least 4 members (excludes halogenated alkanes) is 1. The molecule has 1 aromatic rings. The summed E-state index contributed by atoms with van der Waals surface area (Å²) in [5, 5.41) is 7.81. The molecule has 0 aliphatic rings. The van der Waals surface area contributed by atoms with E-state index in [1.54, 1.807) is 12.1 Å². The minimum atomic E-state index is -3.67. The first kappa shape index (κ1) is 17.1. The summed E-state index contributed by atoms with van der Waals surface area (Å²) in [6, 6.07) is 6.13. The summed E-state index contributed by atoms with van der Waals surface area (Å²) >= 11 is 3.35. The number of halogens is 1. The van der Waals surface area contributed by atoms with Gasteiger partial charge < -0.3 is 5.32 Å². The molecule has 20 heavy (non-hydrogen) atoms. The van der Waals surface area contributed by atoms with Gasteiger partial charge >= 0.3 is 0 Å². The van der Waals surface area contributed by atoms with Crippen LogP contribution >= 0.6 is 15.9 Å². The summed E-state index contributed by atoms with van der Waals surface area (Å²) in [6.07, 6.45) is 2.84. The van der Waals surface area contributed by atoms with Gasteiger partial charge in [0.15, 0.2) is 0 Å². The summed E-state index contributed by atoms with van der Waals surface area (Å²) < 4.78 is 22.2. The fourth-order valence-corrected chi connectivity index (χ4v) is 2.61. The number of amides is 1. The highest BCUT2D eigenvalue weighted by molar-refractivity contribution is 9.10. The first-order valence-corrected chi connectivity index (χ1v) is 8.84. The first-order chi connectivity index (χ1) is 9.34. The molecule has 0 aliphatic heterocycles. The van der Waals surface area contributed by atoms with Crippen LogP contribution in [0.2, 0.25) is 0 Å². The number of alkyl halides is 1. The number of hydrogen-bond acceptors (Lipinski definition) is 3. The Labute approximate surface area is 128 Å². The lowest BCUT2D eigenvalue weighted by Gasteiger charge is -2.10. The van der Waals surface area contributed by atoms with Crippen LogP contribution in [0.1, 0.15) is 31.7 Å². The topological polar surface area (TPSA) is 89.3 Å². The Hall–Kier alpha value is -0.920. The van der Waals surface area contributed by atoms with Gasteiger partial charge in [-0.05, 0) is 24.1 Å². The van der Waals surface area contributed by atoms with Crippen LogP contribution in [0.5, 0.6) is 0 Å². The van der Waals surface area contributed by atoms with Gasteiger partial charge in [-0.25, -0.2) is 13.6 Å². The molecule has 0 spiro atoms. The van der Waals surface area contributed by atoms with Gasteiger partial charge in [-0.1, -0.05) is 47.8 Å². The molecule has 3 N–H and O–H groups in total. The second-order valence-electron chi connectivity index (χ2n) is 4.52. The molecule has 0 heterocycles. The molecule has 0 aromatic heterocycles. The van der Waals surface area contributed by atoms with Crippen molar-refractivity contribution in [2.75, 3.05) is 0 Å². The van der Waals surface area contributed by atoms with E-state index in [1.165, 1.54) is 12.1 Å². The first-order valence-electron chi connectivity index (χ1n) is 6.38. The normalized spacial score (nSPS) is 12.9. The highest BCUT2D eigenvalue weighted by Gasteiger charge is 2.13. The summed E-state index contributed by atoms with van der Waals surface area (Å²) in [6.45, 7) is 2.43. The summed E-state index contributed by atoms with van der Waals surface area (Å²) in [5.74, 6) is -0.0611. The van der Waals surface area contributed by atoms with Gasteiger partial charge in [0.05, 0.1) is 9.72 Å². The van der Waals surface area contributed by atoms with Crippen LogP contribution in [0.25, 0.3) is 0 Å². The Kier molecular flexibility index (Phi) is 6.64. The van der Waals surface area contributed by atoms with Crippen LogP contribution < -0.4 is 10.5 Å². The molecule has 1 amide bonds. The second-order valence-corrected chi connectivity index (χ2v) is 7.18. The van der Waals surface area contributed by atoms with Gasteiger partial charge in [0.2, 0.25) is 15.9 Å². The van der Waals surface area contributed by atoms with Crippen LogP contribution in [0.3, 0.4) is 0 Å². The third kappa shape index (κ3) is 5.60. The number of sulfonamides is 1. The Morgan fingerprint density at radius 2 is 1.95 bits per heavy atom. The molecule has 0 saturated carbocycles. The quantitative estimate of drug-likeness (QED) is 0.725. The number of nitrogens with two attached hydrogens (primary N) is 1. The molecular weight excluding hydrogens is 344 g/mol. The van der Waals surface area contributed by atoms with E-state index in [1.807, 2.05) is 0 Å². The van der Waals surface area contributed by atoms with Crippen molar-refractivity contribution in [2.24, 2.45) is 5.14 Å². The highest BCUT2D eigenvalue weighted by atomic mass is 79.9. The van der Waals surface area contributed by atoms with Crippen molar-refractivity contribution in [1.29, 1.82) is 0 Å². The maximum absolute atomic E-state index is 11.8. The number of primary sulfonamides is 1. The van der Waals surface area contributed by atoms with E-state index in [4.69, 9.17) is 5.14 Å². The monoisotopic (exact) mass is 362 g/mol. The Morgan fingerprint density at radius 3 is 2.45 bits per heavy atom. The zero-order valence-electron chi connectivity index (χ0n) is 11.3. The minimum absolute atomic E-state index is 0.0611. The van der Waals surface area contributed by atoms with Gasteiger partial charge in [0.1, 0.15) is 0 Å². The smallest absolute Gasteiger partial charge is 0.238 e. The number of hydrogen-bond donors (Lipinski definition) is 2. The minimum Gasteiger partial charge on any atom is -0.351 e. The van der Waals surface area contributed by atoms with Crippen molar-refractivity contribution in [1.82, 2.24) is 5.32 Å². The number of nitrogens with one attached hydrogen (secondary N) is 1. The van der Waals surface area contributed by atoms with Gasteiger partial charge in [-0.3, -0.25) is 4.79 Å². The van der Waals surface area contributed by atoms with E-state index in [2.05, 4.69) is 28.2 Å². The summed E-state index contributed by atoms with van der Waals surface area (Å²) in [5.41, 5.74) is 0.820. The molecule has 0 radical (unpaired) electrons. The molecule has 112 valence electrons. The predicted octanol–water partition coefficient (Wildman–Crippen LogP) is 1.90. The molecule has 0 bridgehead atoms. The average molecular weight is 363 g/mol. The van der Waals surface area contributed by atoms with Crippen molar-refractivity contribution in [3.05, 3.63) is 29.8 Å². The van der Waals surface area contributed by atoms with Crippen LogP contribution in [0, 0.1) is 0 Å². The molecule has 1 rings (SSSR count). The molecule has 0 aliphatic carbocycles. The van der Waals surface area contributed by atoms with E-state index in [0.29, 0.717) is 6.54 Å². The lowest BCUT2D eigenvalue weighted by Crippen LogP contribution is -2.30. The zero-order chi connectivity index (χ0) is 15.2. The Balaban J connectivity index is 2.52. The van der Waals surface area contributed by atoms with Crippen LogP contribution in [0.15, 0.2) is 29.2 Å². The predicted molar refractivity (Wildman–Crippen MR) is 81.9 cm³/mol. The van der Waals surface area contributed by atoms with Gasteiger partial charge in [0, 0.05) is 6.54 Å². The Bertz CT molecular complexity index is 543. The van der Waals surface area contributed by atoms with Crippen LogP contribution in [0.4, 0.5) is 0 Å². The van der Waals surface area contributed by atoms with E-state index in [-0.39, 0.29) is 15.6 Å². The number of rotatable bonds is 7.